The summed E-state index contributed by atoms with van der Waals surface area (Å²) in [5, 5.41) is 0. The molecule has 0 bridgehead atoms. The Morgan fingerprint density at radius 2 is 2.00 bits per heavy atom. The number of aryl methyl sites for hydroxylation is 1. The smallest absolute Gasteiger partial charge is 0.130 e. The normalized spacial score (nSPS) is 11.5. The molecule has 1 rings (SSSR count). The van der Waals surface area contributed by atoms with Crippen LogP contribution in [-0.4, -0.2) is 5.78 Å². The SMILES string of the molecule is CCc1cccc(C(C)(C)CC(C)=O)c1. The van der Waals surface area contributed by atoms with Gasteiger partial charge in [-0.2, -0.15) is 0 Å². The largest absolute Gasteiger partial charge is 0.300 e. The summed E-state index contributed by atoms with van der Waals surface area (Å²) in [5.74, 6) is 0.252. The third kappa shape index (κ3) is 3.19. The zero-order chi connectivity index (χ0) is 11.5. The first-order valence-corrected chi connectivity index (χ1v) is 5.54. The summed E-state index contributed by atoms with van der Waals surface area (Å²) in [5.41, 5.74) is 2.55. The molecule has 0 aromatic heterocycles. The molecule has 0 aliphatic heterocycles. The molecule has 0 atom stereocenters. The maximum absolute atomic E-state index is 11.2. The van der Waals surface area contributed by atoms with E-state index in [-0.39, 0.29) is 11.2 Å². The summed E-state index contributed by atoms with van der Waals surface area (Å²) in [6, 6.07) is 8.54. The zero-order valence-electron chi connectivity index (χ0n) is 10.1. The molecule has 0 N–H and O–H groups in total. The summed E-state index contributed by atoms with van der Waals surface area (Å²) in [4.78, 5) is 11.2. The van der Waals surface area contributed by atoms with Crippen molar-refractivity contribution in [1.82, 2.24) is 0 Å². The average molecular weight is 204 g/mol. The molecule has 0 radical (unpaired) electrons. The second-order valence-electron chi connectivity index (χ2n) is 4.82. The van der Waals surface area contributed by atoms with Crippen LogP contribution in [0.2, 0.25) is 0 Å². The molecule has 15 heavy (non-hydrogen) atoms. The van der Waals surface area contributed by atoms with Crippen LogP contribution < -0.4 is 0 Å². The van der Waals surface area contributed by atoms with Gasteiger partial charge in [0.1, 0.15) is 5.78 Å². The molecule has 0 spiro atoms. The number of rotatable bonds is 4. The monoisotopic (exact) mass is 204 g/mol. The molecule has 0 aliphatic rings. The number of carbonyl (C=O) groups excluding carboxylic acids is 1. The maximum atomic E-state index is 11.2. The fourth-order valence-electron chi connectivity index (χ4n) is 1.94. The van der Waals surface area contributed by atoms with Crippen molar-refractivity contribution < 1.29 is 4.79 Å². The lowest BCUT2D eigenvalue weighted by Crippen LogP contribution is -2.20. The fourth-order valence-corrected chi connectivity index (χ4v) is 1.94. The first kappa shape index (κ1) is 12.0. The topological polar surface area (TPSA) is 17.1 Å². The van der Waals surface area contributed by atoms with Crippen LogP contribution in [0.3, 0.4) is 0 Å². The molecule has 0 fully saturated rings. The Balaban J connectivity index is 2.98. The molecule has 0 saturated carbocycles. The minimum Gasteiger partial charge on any atom is -0.300 e. The van der Waals surface area contributed by atoms with Gasteiger partial charge in [0.05, 0.1) is 0 Å². The highest BCUT2D eigenvalue weighted by Gasteiger charge is 2.22. The molecule has 0 unspecified atom stereocenters. The van der Waals surface area contributed by atoms with E-state index in [1.54, 1.807) is 6.92 Å². The van der Waals surface area contributed by atoms with Crippen molar-refractivity contribution >= 4 is 5.78 Å². The van der Waals surface area contributed by atoms with Crippen LogP contribution in [0.4, 0.5) is 0 Å². The molecule has 82 valence electrons. The standard InChI is InChI=1S/C14H20O/c1-5-12-7-6-8-13(9-12)14(3,4)10-11(2)15/h6-9H,5,10H2,1-4H3. The van der Waals surface area contributed by atoms with E-state index in [1.807, 2.05) is 0 Å². The molecule has 1 aromatic carbocycles. The predicted molar refractivity (Wildman–Crippen MR) is 64.1 cm³/mol. The number of benzene rings is 1. The number of Topliss-reactive ketones (excluding diaryl/α,β-unsaturated/α-hetero) is 1. The van der Waals surface area contributed by atoms with Gasteiger partial charge < -0.3 is 0 Å². The number of hydrogen-bond acceptors (Lipinski definition) is 1. The van der Waals surface area contributed by atoms with E-state index in [2.05, 4.69) is 45.0 Å². The summed E-state index contributed by atoms with van der Waals surface area (Å²) in [6.07, 6.45) is 1.66. The number of hydrogen-bond donors (Lipinski definition) is 0. The van der Waals surface area contributed by atoms with Gasteiger partial charge in [0.25, 0.3) is 0 Å². The summed E-state index contributed by atoms with van der Waals surface area (Å²) in [7, 11) is 0. The van der Waals surface area contributed by atoms with Crippen LogP contribution in [0, 0.1) is 0 Å². The van der Waals surface area contributed by atoms with Crippen LogP contribution in [-0.2, 0) is 16.6 Å². The highest BCUT2D eigenvalue weighted by atomic mass is 16.1. The third-order valence-electron chi connectivity index (χ3n) is 2.81. The highest BCUT2D eigenvalue weighted by Crippen LogP contribution is 2.27. The Morgan fingerprint density at radius 3 is 2.53 bits per heavy atom. The molecule has 0 saturated heterocycles. The molecule has 1 nitrogen and oxygen atoms in total. The van der Waals surface area contributed by atoms with Crippen LogP contribution in [0.5, 0.6) is 0 Å². The first-order valence-electron chi connectivity index (χ1n) is 5.54. The third-order valence-corrected chi connectivity index (χ3v) is 2.81. The second kappa shape index (κ2) is 4.61. The van der Waals surface area contributed by atoms with E-state index in [0.717, 1.165) is 6.42 Å². The Morgan fingerprint density at radius 1 is 1.33 bits per heavy atom. The minimum atomic E-state index is -0.0446. The van der Waals surface area contributed by atoms with Gasteiger partial charge in [0.15, 0.2) is 0 Å². The summed E-state index contributed by atoms with van der Waals surface area (Å²) < 4.78 is 0. The first-order chi connectivity index (χ1) is 6.95. The van der Waals surface area contributed by atoms with E-state index in [9.17, 15) is 4.79 Å². The maximum Gasteiger partial charge on any atom is 0.130 e. The Kier molecular flexibility index (Phi) is 3.67. The Bertz CT molecular complexity index is 350. The zero-order valence-corrected chi connectivity index (χ0v) is 10.1. The summed E-state index contributed by atoms with van der Waals surface area (Å²) >= 11 is 0. The molecular formula is C14H20O. The molecule has 0 amide bonds. The van der Waals surface area contributed by atoms with E-state index in [0.29, 0.717) is 6.42 Å². The van der Waals surface area contributed by atoms with Crippen LogP contribution in [0.25, 0.3) is 0 Å². The van der Waals surface area contributed by atoms with E-state index < -0.39 is 0 Å². The van der Waals surface area contributed by atoms with Gasteiger partial charge >= 0.3 is 0 Å². The van der Waals surface area contributed by atoms with Gasteiger partial charge in [-0.25, -0.2) is 0 Å². The van der Waals surface area contributed by atoms with Crippen LogP contribution in [0.15, 0.2) is 24.3 Å². The molecule has 0 heterocycles. The van der Waals surface area contributed by atoms with Crippen molar-refractivity contribution in [3.8, 4) is 0 Å². The van der Waals surface area contributed by atoms with E-state index >= 15 is 0 Å². The van der Waals surface area contributed by atoms with Crippen LogP contribution >= 0.6 is 0 Å². The Labute approximate surface area is 92.5 Å². The van der Waals surface area contributed by atoms with Gasteiger partial charge in [0.2, 0.25) is 0 Å². The van der Waals surface area contributed by atoms with Gasteiger partial charge in [0, 0.05) is 6.42 Å². The van der Waals surface area contributed by atoms with Gasteiger partial charge in [-0.3, -0.25) is 4.79 Å². The van der Waals surface area contributed by atoms with Crippen molar-refractivity contribution in [3.63, 3.8) is 0 Å². The van der Waals surface area contributed by atoms with E-state index in [4.69, 9.17) is 0 Å². The lowest BCUT2D eigenvalue weighted by molar-refractivity contribution is -0.118. The van der Waals surface area contributed by atoms with Crippen molar-refractivity contribution in [3.05, 3.63) is 35.4 Å². The molecular weight excluding hydrogens is 184 g/mol. The van der Waals surface area contributed by atoms with Crippen molar-refractivity contribution in [2.75, 3.05) is 0 Å². The van der Waals surface area contributed by atoms with Gasteiger partial charge in [-0.15, -0.1) is 0 Å². The Hall–Kier alpha value is -1.11. The van der Waals surface area contributed by atoms with Crippen LogP contribution in [0.1, 0.15) is 45.2 Å². The van der Waals surface area contributed by atoms with Crippen molar-refractivity contribution in [1.29, 1.82) is 0 Å². The molecule has 0 aliphatic carbocycles. The lowest BCUT2D eigenvalue weighted by atomic mass is 9.80. The van der Waals surface area contributed by atoms with Crippen molar-refractivity contribution in [2.24, 2.45) is 0 Å². The predicted octanol–water partition coefficient (Wildman–Crippen LogP) is 3.51. The van der Waals surface area contributed by atoms with E-state index in [1.165, 1.54) is 11.1 Å². The number of carbonyl (C=O) groups is 1. The average Bonchev–Trinajstić information content (AvgIpc) is 2.16. The quantitative estimate of drug-likeness (QED) is 0.733. The van der Waals surface area contributed by atoms with Gasteiger partial charge in [-0.1, -0.05) is 45.0 Å². The fraction of sp³-hybridized carbons (Fsp3) is 0.500. The minimum absolute atomic E-state index is 0.0446. The second-order valence-corrected chi connectivity index (χ2v) is 4.82. The number of ketones is 1. The molecule has 1 aromatic rings. The summed E-state index contributed by atoms with van der Waals surface area (Å²) in [6.45, 7) is 8.06. The van der Waals surface area contributed by atoms with Gasteiger partial charge in [-0.05, 0) is 29.9 Å². The lowest BCUT2D eigenvalue weighted by Gasteiger charge is -2.24. The molecule has 1 heteroatoms. The highest BCUT2D eigenvalue weighted by molar-refractivity contribution is 5.77. The van der Waals surface area contributed by atoms with Crippen molar-refractivity contribution in [2.45, 2.75) is 46.0 Å².